The van der Waals surface area contributed by atoms with Crippen molar-refractivity contribution in [3.05, 3.63) is 64.5 Å². The number of nitrogens with zero attached hydrogens (tertiary/aromatic N) is 1. The minimum atomic E-state index is -0.458. The molecular weight excluding hydrogens is 344 g/mol. The first kappa shape index (κ1) is 17.4. The molecular formula is C19H17F2NO2S. The van der Waals surface area contributed by atoms with Gasteiger partial charge in [-0.05, 0) is 54.3 Å². The summed E-state index contributed by atoms with van der Waals surface area (Å²) in [5.74, 6) is -0.767. The predicted octanol–water partition coefficient (Wildman–Crippen LogP) is 4.85. The zero-order valence-electron chi connectivity index (χ0n) is 13.9. The van der Waals surface area contributed by atoms with E-state index in [0.29, 0.717) is 28.9 Å². The molecule has 0 spiro atoms. The molecule has 1 aromatic heterocycles. The molecule has 0 atom stereocenters. The Kier molecular flexibility index (Phi) is 4.99. The van der Waals surface area contributed by atoms with Gasteiger partial charge in [-0.1, -0.05) is 6.07 Å². The van der Waals surface area contributed by atoms with Gasteiger partial charge in [0.2, 0.25) is 0 Å². The van der Waals surface area contributed by atoms with E-state index in [0.717, 1.165) is 4.70 Å². The van der Waals surface area contributed by atoms with Crippen LogP contribution in [0.15, 0.2) is 42.5 Å². The van der Waals surface area contributed by atoms with Crippen molar-refractivity contribution in [3.8, 4) is 5.75 Å². The zero-order valence-corrected chi connectivity index (χ0v) is 14.7. The molecule has 0 N–H and O–H groups in total. The normalized spacial score (nSPS) is 10.9. The lowest BCUT2D eigenvalue weighted by Crippen LogP contribution is -2.29. The molecule has 130 valence electrons. The fraction of sp³-hybridized carbons (Fsp3) is 0.211. The van der Waals surface area contributed by atoms with Gasteiger partial charge in [-0.3, -0.25) is 4.79 Å². The highest BCUT2D eigenvalue weighted by molar-refractivity contribution is 7.20. The predicted molar refractivity (Wildman–Crippen MR) is 95.1 cm³/mol. The van der Waals surface area contributed by atoms with E-state index in [-0.39, 0.29) is 17.5 Å². The monoisotopic (exact) mass is 361 g/mol. The van der Waals surface area contributed by atoms with Gasteiger partial charge in [0.05, 0.1) is 12.0 Å². The van der Waals surface area contributed by atoms with Crippen molar-refractivity contribution in [3.63, 3.8) is 0 Å². The van der Waals surface area contributed by atoms with E-state index in [9.17, 15) is 13.6 Å². The maximum absolute atomic E-state index is 13.8. The quantitative estimate of drug-likeness (QED) is 0.650. The fourth-order valence-electron chi connectivity index (χ4n) is 2.63. The number of carbonyl (C=O) groups excluding carboxylic acids is 1. The van der Waals surface area contributed by atoms with Crippen LogP contribution in [-0.2, 0) is 6.54 Å². The van der Waals surface area contributed by atoms with E-state index >= 15 is 0 Å². The van der Waals surface area contributed by atoms with Crippen LogP contribution in [0, 0.1) is 11.6 Å². The highest BCUT2D eigenvalue weighted by Gasteiger charge is 2.18. The van der Waals surface area contributed by atoms with Crippen molar-refractivity contribution in [2.45, 2.75) is 13.5 Å². The lowest BCUT2D eigenvalue weighted by molar-refractivity contribution is 0.0757. The standard InChI is InChI=1S/C19H17F2NO2S/c1-3-22(11-12-4-6-16(24-2)15(21)8-12)19(23)18-10-13-9-14(20)5-7-17(13)25-18/h4-10H,3,11H2,1-2H3. The number of fused-ring (bicyclic) bond motifs is 1. The summed E-state index contributed by atoms with van der Waals surface area (Å²) >= 11 is 1.33. The summed E-state index contributed by atoms with van der Waals surface area (Å²) in [5.41, 5.74) is 0.681. The molecule has 1 amide bonds. The van der Waals surface area contributed by atoms with E-state index < -0.39 is 5.82 Å². The summed E-state index contributed by atoms with van der Waals surface area (Å²) in [5, 5.41) is 0.708. The third kappa shape index (κ3) is 3.64. The number of halogens is 2. The SMILES string of the molecule is CCN(Cc1ccc(OC)c(F)c1)C(=O)c1cc2cc(F)ccc2s1. The van der Waals surface area contributed by atoms with E-state index in [1.165, 1.54) is 36.6 Å². The lowest BCUT2D eigenvalue weighted by atomic mass is 10.2. The van der Waals surface area contributed by atoms with E-state index in [4.69, 9.17) is 4.74 Å². The number of benzene rings is 2. The molecule has 0 saturated carbocycles. The van der Waals surface area contributed by atoms with E-state index in [1.54, 1.807) is 29.2 Å². The Morgan fingerprint density at radius 1 is 1.16 bits per heavy atom. The minimum Gasteiger partial charge on any atom is -0.494 e. The average molecular weight is 361 g/mol. The summed E-state index contributed by atoms with van der Waals surface area (Å²) in [7, 11) is 1.41. The van der Waals surface area contributed by atoms with E-state index in [1.807, 2.05) is 6.92 Å². The van der Waals surface area contributed by atoms with Crippen molar-refractivity contribution in [1.82, 2.24) is 4.90 Å². The Balaban J connectivity index is 1.83. The number of carbonyl (C=O) groups is 1. The third-order valence-corrected chi connectivity index (χ3v) is 5.05. The van der Waals surface area contributed by atoms with Crippen LogP contribution >= 0.6 is 11.3 Å². The molecule has 3 aromatic rings. The summed E-state index contributed by atoms with van der Waals surface area (Å²) in [6, 6.07) is 10.8. The lowest BCUT2D eigenvalue weighted by Gasteiger charge is -2.20. The molecule has 6 heteroatoms. The van der Waals surface area contributed by atoms with Crippen LogP contribution in [0.2, 0.25) is 0 Å². The number of rotatable bonds is 5. The van der Waals surface area contributed by atoms with Gasteiger partial charge in [0.25, 0.3) is 5.91 Å². The molecule has 2 aromatic carbocycles. The van der Waals surface area contributed by atoms with E-state index in [2.05, 4.69) is 0 Å². The highest BCUT2D eigenvalue weighted by atomic mass is 32.1. The fourth-order valence-corrected chi connectivity index (χ4v) is 3.64. The van der Waals surface area contributed by atoms with Crippen LogP contribution in [0.3, 0.4) is 0 Å². The minimum absolute atomic E-state index is 0.152. The van der Waals surface area contributed by atoms with Gasteiger partial charge < -0.3 is 9.64 Å². The number of methoxy groups -OCH3 is 1. The van der Waals surface area contributed by atoms with Crippen LogP contribution in [0.25, 0.3) is 10.1 Å². The van der Waals surface area contributed by atoms with Gasteiger partial charge in [0.1, 0.15) is 5.82 Å². The maximum Gasteiger partial charge on any atom is 0.264 e. The average Bonchev–Trinajstić information content (AvgIpc) is 3.02. The smallest absolute Gasteiger partial charge is 0.264 e. The van der Waals surface area contributed by atoms with Crippen molar-refractivity contribution in [2.75, 3.05) is 13.7 Å². The maximum atomic E-state index is 13.8. The number of amides is 1. The molecule has 3 rings (SSSR count). The summed E-state index contributed by atoms with van der Waals surface area (Å²) in [6.07, 6.45) is 0. The molecule has 3 nitrogen and oxygen atoms in total. The summed E-state index contributed by atoms with van der Waals surface area (Å²) in [6.45, 7) is 2.64. The van der Waals surface area contributed by atoms with Gasteiger partial charge in [-0.2, -0.15) is 0 Å². The first-order chi connectivity index (χ1) is 12.0. The van der Waals surface area contributed by atoms with Gasteiger partial charge in [-0.15, -0.1) is 11.3 Å². The number of thiophene rings is 1. The van der Waals surface area contributed by atoms with Crippen LogP contribution in [0.5, 0.6) is 5.75 Å². The Labute approximate surface area is 148 Å². The van der Waals surface area contributed by atoms with Gasteiger partial charge in [-0.25, -0.2) is 8.78 Å². The van der Waals surface area contributed by atoms with Gasteiger partial charge in [0, 0.05) is 17.8 Å². The number of hydrogen-bond donors (Lipinski definition) is 0. The topological polar surface area (TPSA) is 29.5 Å². The Morgan fingerprint density at radius 3 is 2.64 bits per heavy atom. The Hall–Kier alpha value is -2.47. The van der Waals surface area contributed by atoms with Crippen LogP contribution < -0.4 is 4.74 Å². The van der Waals surface area contributed by atoms with Crippen molar-refractivity contribution in [1.29, 1.82) is 0 Å². The molecule has 0 aliphatic carbocycles. The molecule has 25 heavy (non-hydrogen) atoms. The van der Waals surface area contributed by atoms with Gasteiger partial charge >= 0.3 is 0 Å². The summed E-state index contributed by atoms with van der Waals surface area (Å²) < 4.78 is 32.9. The Morgan fingerprint density at radius 2 is 1.96 bits per heavy atom. The van der Waals surface area contributed by atoms with Crippen LogP contribution in [-0.4, -0.2) is 24.5 Å². The van der Waals surface area contributed by atoms with Crippen LogP contribution in [0.1, 0.15) is 22.2 Å². The van der Waals surface area contributed by atoms with Crippen LogP contribution in [0.4, 0.5) is 8.78 Å². The molecule has 0 aliphatic heterocycles. The Bertz CT molecular complexity index is 923. The molecule has 0 radical (unpaired) electrons. The molecule has 1 heterocycles. The summed E-state index contributed by atoms with van der Waals surface area (Å²) in [4.78, 5) is 14.9. The zero-order chi connectivity index (χ0) is 18.0. The first-order valence-electron chi connectivity index (χ1n) is 7.82. The first-order valence-corrected chi connectivity index (χ1v) is 8.64. The molecule has 0 aliphatic rings. The molecule has 0 fully saturated rings. The number of hydrogen-bond acceptors (Lipinski definition) is 3. The van der Waals surface area contributed by atoms with Crippen molar-refractivity contribution in [2.24, 2.45) is 0 Å². The largest absolute Gasteiger partial charge is 0.494 e. The second-order valence-corrected chi connectivity index (χ2v) is 6.66. The molecule has 0 saturated heterocycles. The molecule has 0 bridgehead atoms. The van der Waals surface area contributed by atoms with Crippen molar-refractivity contribution < 1.29 is 18.3 Å². The van der Waals surface area contributed by atoms with Crippen molar-refractivity contribution >= 4 is 27.3 Å². The highest BCUT2D eigenvalue weighted by Crippen LogP contribution is 2.28. The third-order valence-electron chi connectivity index (χ3n) is 3.95. The number of ether oxygens (including phenoxy) is 1. The second kappa shape index (κ2) is 7.19. The van der Waals surface area contributed by atoms with Gasteiger partial charge in [0.15, 0.2) is 11.6 Å². The molecule has 0 unspecified atom stereocenters. The second-order valence-electron chi connectivity index (χ2n) is 5.58.